The van der Waals surface area contributed by atoms with Gasteiger partial charge in [-0.25, -0.2) is 8.78 Å². The fourth-order valence-electron chi connectivity index (χ4n) is 2.33. The lowest BCUT2D eigenvalue weighted by atomic mass is 9.93. The number of benzene rings is 2. The predicted molar refractivity (Wildman–Crippen MR) is 79.9 cm³/mol. The summed E-state index contributed by atoms with van der Waals surface area (Å²) in [6.45, 7) is 0.0220. The molecular formula is C16H10BrF2NO. The number of hydrogen-bond acceptors (Lipinski definition) is 2. The molecule has 3 rings (SSSR count). The Morgan fingerprint density at radius 3 is 2.67 bits per heavy atom. The molecule has 0 unspecified atom stereocenters. The van der Waals surface area contributed by atoms with Crippen LogP contribution in [0, 0.1) is 11.6 Å². The van der Waals surface area contributed by atoms with Gasteiger partial charge in [-0.15, -0.1) is 0 Å². The van der Waals surface area contributed by atoms with Gasteiger partial charge in [-0.3, -0.25) is 9.79 Å². The molecule has 2 aromatic rings. The van der Waals surface area contributed by atoms with E-state index in [9.17, 15) is 13.6 Å². The Labute approximate surface area is 128 Å². The second-order valence-electron chi connectivity index (χ2n) is 4.80. The van der Waals surface area contributed by atoms with Gasteiger partial charge in [-0.1, -0.05) is 6.07 Å². The van der Waals surface area contributed by atoms with Gasteiger partial charge in [-0.05, 0) is 51.8 Å². The summed E-state index contributed by atoms with van der Waals surface area (Å²) in [4.78, 5) is 16.1. The summed E-state index contributed by atoms with van der Waals surface area (Å²) in [5.74, 6) is -0.955. The van der Waals surface area contributed by atoms with E-state index in [-0.39, 0.29) is 18.1 Å². The van der Waals surface area contributed by atoms with Crippen LogP contribution in [-0.2, 0) is 6.42 Å². The van der Waals surface area contributed by atoms with Crippen molar-refractivity contribution in [1.29, 1.82) is 0 Å². The fraction of sp³-hybridized carbons (Fsp3) is 0.125. The number of aliphatic imine (C=N–C) groups is 1. The lowest BCUT2D eigenvalue weighted by Crippen LogP contribution is -2.20. The average Bonchev–Trinajstić information content (AvgIpc) is 2.46. The number of nitrogens with zero attached hydrogens (tertiary/aromatic N) is 1. The van der Waals surface area contributed by atoms with Crippen LogP contribution in [0.2, 0.25) is 0 Å². The largest absolute Gasteiger partial charge is 0.292 e. The molecule has 0 saturated heterocycles. The molecular weight excluding hydrogens is 340 g/mol. The molecule has 0 N–H and O–H groups in total. The molecule has 21 heavy (non-hydrogen) atoms. The van der Waals surface area contributed by atoms with Crippen LogP contribution in [0.15, 0.2) is 45.9 Å². The summed E-state index contributed by atoms with van der Waals surface area (Å²) in [5, 5.41) is 0. The van der Waals surface area contributed by atoms with Crippen molar-refractivity contribution in [3.63, 3.8) is 0 Å². The highest BCUT2D eigenvalue weighted by Crippen LogP contribution is 2.22. The molecule has 0 radical (unpaired) electrons. The summed E-state index contributed by atoms with van der Waals surface area (Å²) < 4.78 is 26.9. The Bertz CT molecular complexity index is 771. The summed E-state index contributed by atoms with van der Waals surface area (Å²) in [5.41, 5.74) is 2.59. The summed E-state index contributed by atoms with van der Waals surface area (Å²) in [6.07, 6.45) is 0.463. The van der Waals surface area contributed by atoms with Crippen LogP contribution in [0.25, 0.3) is 0 Å². The quantitative estimate of drug-likeness (QED) is 0.806. The standard InChI is InChI=1S/C16H10BrF2NO/c17-13-5-9(1-4-14(13)19)6-15-11-3-2-10(18)7-12(11)16(21)8-20-15/h1-5,7H,6,8H2. The first-order valence-electron chi connectivity index (χ1n) is 6.35. The monoisotopic (exact) mass is 349 g/mol. The first kappa shape index (κ1) is 14.1. The molecule has 0 aromatic heterocycles. The predicted octanol–water partition coefficient (Wildman–Crippen LogP) is 3.96. The number of Topliss-reactive ketones (excluding diaryl/α,β-unsaturated/α-hetero) is 1. The topological polar surface area (TPSA) is 29.4 Å². The third-order valence-corrected chi connectivity index (χ3v) is 3.97. The second-order valence-corrected chi connectivity index (χ2v) is 5.66. The van der Waals surface area contributed by atoms with Gasteiger partial charge in [0.1, 0.15) is 18.2 Å². The van der Waals surface area contributed by atoms with Gasteiger partial charge in [-0.2, -0.15) is 0 Å². The van der Waals surface area contributed by atoms with Crippen molar-refractivity contribution in [1.82, 2.24) is 0 Å². The lowest BCUT2D eigenvalue weighted by molar-refractivity contribution is 0.0999. The molecule has 1 aliphatic heterocycles. The molecule has 1 aliphatic rings. The highest BCUT2D eigenvalue weighted by atomic mass is 79.9. The molecule has 0 atom stereocenters. The Morgan fingerprint density at radius 2 is 1.90 bits per heavy atom. The maximum Gasteiger partial charge on any atom is 0.184 e. The highest BCUT2D eigenvalue weighted by molar-refractivity contribution is 9.10. The van der Waals surface area contributed by atoms with Crippen LogP contribution in [0.3, 0.4) is 0 Å². The molecule has 1 heterocycles. The molecule has 106 valence electrons. The zero-order chi connectivity index (χ0) is 15.0. The molecule has 0 bridgehead atoms. The Kier molecular flexibility index (Phi) is 3.68. The van der Waals surface area contributed by atoms with E-state index in [0.717, 1.165) is 5.56 Å². The van der Waals surface area contributed by atoms with E-state index < -0.39 is 5.82 Å². The molecule has 0 amide bonds. The summed E-state index contributed by atoms with van der Waals surface area (Å²) in [7, 11) is 0. The number of carbonyl (C=O) groups is 1. The normalized spacial score (nSPS) is 13.9. The van der Waals surface area contributed by atoms with Crippen molar-refractivity contribution in [3.05, 3.63) is 69.2 Å². The molecule has 0 spiro atoms. The molecule has 5 heteroatoms. The van der Waals surface area contributed by atoms with Gasteiger partial charge >= 0.3 is 0 Å². The number of fused-ring (bicyclic) bond motifs is 1. The maximum atomic E-state index is 13.3. The highest BCUT2D eigenvalue weighted by Gasteiger charge is 2.21. The van der Waals surface area contributed by atoms with Crippen LogP contribution < -0.4 is 0 Å². The van der Waals surface area contributed by atoms with E-state index in [4.69, 9.17) is 0 Å². The SMILES string of the molecule is O=C1CN=C(Cc2ccc(F)c(Br)c2)c2ccc(F)cc21. The third-order valence-electron chi connectivity index (χ3n) is 3.36. The van der Waals surface area contributed by atoms with Crippen molar-refractivity contribution in [2.45, 2.75) is 6.42 Å². The number of halogens is 3. The van der Waals surface area contributed by atoms with Crippen molar-refractivity contribution in [2.24, 2.45) is 4.99 Å². The number of rotatable bonds is 2. The lowest BCUT2D eigenvalue weighted by Gasteiger charge is -2.16. The van der Waals surface area contributed by atoms with Crippen molar-refractivity contribution in [3.8, 4) is 0 Å². The van der Waals surface area contributed by atoms with Crippen LogP contribution in [0.5, 0.6) is 0 Å². The van der Waals surface area contributed by atoms with E-state index in [2.05, 4.69) is 20.9 Å². The van der Waals surface area contributed by atoms with Gasteiger partial charge in [0.2, 0.25) is 0 Å². The first-order chi connectivity index (χ1) is 10.0. The summed E-state index contributed by atoms with van der Waals surface area (Å²) >= 11 is 3.14. The van der Waals surface area contributed by atoms with Crippen LogP contribution in [-0.4, -0.2) is 18.0 Å². The summed E-state index contributed by atoms with van der Waals surface area (Å²) in [6, 6.07) is 8.85. The van der Waals surface area contributed by atoms with E-state index >= 15 is 0 Å². The molecule has 0 saturated carbocycles. The van der Waals surface area contributed by atoms with Crippen molar-refractivity contribution in [2.75, 3.05) is 6.54 Å². The Balaban J connectivity index is 1.97. The molecule has 2 nitrogen and oxygen atoms in total. The Morgan fingerprint density at radius 1 is 1.10 bits per heavy atom. The zero-order valence-electron chi connectivity index (χ0n) is 10.9. The maximum absolute atomic E-state index is 13.3. The fourth-order valence-corrected chi connectivity index (χ4v) is 2.76. The van der Waals surface area contributed by atoms with E-state index in [0.29, 0.717) is 27.7 Å². The van der Waals surface area contributed by atoms with Gasteiger partial charge in [0, 0.05) is 23.3 Å². The first-order valence-corrected chi connectivity index (χ1v) is 7.14. The third kappa shape index (κ3) is 2.78. The minimum Gasteiger partial charge on any atom is -0.292 e. The number of carbonyl (C=O) groups excluding carboxylic acids is 1. The van der Waals surface area contributed by atoms with Crippen LogP contribution >= 0.6 is 15.9 Å². The van der Waals surface area contributed by atoms with E-state index in [1.807, 2.05) is 0 Å². The van der Waals surface area contributed by atoms with Crippen LogP contribution in [0.1, 0.15) is 21.5 Å². The molecule has 0 fully saturated rings. The van der Waals surface area contributed by atoms with Crippen molar-refractivity contribution < 1.29 is 13.6 Å². The van der Waals surface area contributed by atoms with Gasteiger partial charge in [0.15, 0.2) is 5.78 Å². The second kappa shape index (κ2) is 5.48. The van der Waals surface area contributed by atoms with Gasteiger partial charge in [0.25, 0.3) is 0 Å². The zero-order valence-corrected chi connectivity index (χ0v) is 12.5. The van der Waals surface area contributed by atoms with E-state index in [1.54, 1.807) is 18.2 Å². The van der Waals surface area contributed by atoms with Gasteiger partial charge < -0.3 is 0 Å². The Hall–Kier alpha value is -1.88. The minimum atomic E-state index is -0.437. The average molecular weight is 350 g/mol. The number of hydrogen-bond donors (Lipinski definition) is 0. The van der Waals surface area contributed by atoms with Crippen LogP contribution in [0.4, 0.5) is 8.78 Å². The van der Waals surface area contributed by atoms with Crippen molar-refractivity contribution >= 4 is 27.4 Å². The smallest absolute Gasteiger partial charge is 0.184 e. The number of ketones is 1. The van der Waals surface area contributed by atoms with E-state index in [1.165, 1.54) is 18.2 Å². The minimum absolute atomic E-state index is 0.0220. The molecule has 0 aliphatic carbocycles. The molecule has 2 aromatic carbocycles. The van der Waals surface area contributed by atoms with Gasteiger partial charge in [0.05, 0.1) is 4.47 Å².